The number of halogens is 1. The zero-order valence-electron chi connectivity index (χ0n) is 17.1. The molecule has 156 valence electrons. The molecule has 2 atom stereocenters. The fraction of sp³-hybridized carbons (Fsp3) is 0.636. The minimum atomic E-state index is -0.122. The fourth-order valence-electron chi connectivity index (χ4n) is 4.26. The average molecular weight is 408 g/mol. The van der Waals surface area contributed by atoms with Gasteiger partial charge in [-0.05, 0) is 37.3 Å². The van der Waals surface area contributed by atoms with E-state index in [1.807, 2.05) is 11.8 Å². The van der Waals surface area contributed by atoms with Crippen LogP contribution in [0.5, 0.6) is 0 Å². The van der Waals surface area contributed by atoms with E-state index in [9.17, 15) is 9.59 Å². The van der Waals surface area contributed by atoms with Gasteiger partial charge in [0.15, 0.2) is 0 Å². The highest BCUT2D eigenvalue weighted by Crippen LogP contribution is 2.26. The van der Waals surface area contributed by atoms with E-state index in [4.69, 9.17) is 0 Å². The fourth-order valence-corrected chi connectivity index (χ4v) is 4.26. The minimum absolute atomic E-state index is 0. The van der Waals surface area contributed by atoms with E-state index >= 15 is 0 Å². The molecule has 28 heavy (non-hydrogen) atoms. The molecular weight excluding hydrogens is 374 g/mol. The Labute approximate surface area is 175 Å². The summed E-state index contributed by atoms with van der Waals surface area (Å²) in [5.74, 6) is 0.395. The Kier molecular flexibility index (Phi) is 8.77. The van der Waals surface area contributed by atoms with E-state index in [-0.39, 0.29) is 42.2 Å². The monoisotopic (exact) mass is 407 g/mol. The highest BCUT2D eigenvalue weighted by Gasteiger charge is 2.29. The lowest BCUT2D eigenvalue weighted by Crippen LogP contribution is -2.50. The zero-order valence-corrected chi connectivity index (χ0v) is 17.9. The maximum absolute atomic E-state index is 13.0. The summed E-state index contributed by atoms with van der Waals surface area (Å²) in [5.41, 5.74) is 2.49. The smallest absolute Gasteiger partial charge is 0.225 e. The van der Waals surface area contributed by atoms with E-state index in [0.717, 1.165) is 45.2 Å². The first-order valence-electron chi connectivity index (χ1n) is 10.5. The van der Waals surface area contributed by atoms with Gasteiger partial charge in [-0.2, -0.15) is 0 Å². The molecule has 1 aliphatic carbocycles. The van der Waals surface area contributed by atoms with Gasteiger partial charge in [-0.25, -0.2) is 0 Å². The van der Waals surface area contributed by atoms with Gasteiger partial charge >= 0.3 is 0 Å². The number of carbonyl (C=O) groups is 2. The van der Waals surface area contributed by atoms with Crippen molar-refractivity contribution in [1.29, 1.82) is 0 Å². The second kappa shape index (κ2) is 10.8. The lowest BCUT2D eigenvalue weighted by molar-refractivity contribution is -0.135. The van der Waals surface area contributed by atoms with Crippen LogP contribution in [0.4, 0.5) is 0 Å². The number of hydrogen-bond acceptors (Lipinski definition) is 3. The van der Waals surface area contributed by atoms with Crippen LogP contribution in [0.2, 0.25) is 0 Å². The Morgan fingerprint density at radius 1 is 1.21 bits per heavy atom. The van der Waals surface area contributed by atoms with E-state index in [1.165, 1.54) is 11.1 Å². The first-order chi connectivity index (χ1) is 13.1. The van der Waals surface area contributed by atoms with Crippen LogP contribution < -0.4 is 10.6 Å². The second-order valence-corrected chi connectivity index (χ2v) is 8.00. The summed E-state index contributed by atoms with van der Waals surface area (Å²) in [7, 11) is 0. The van der Waals surface area contributed by atoms with Gasteiger partial charge in [0.05, 0.1) is 6.04 Å². The number of rotatable bonds is 6. The maximum atomic E-state index is 13.0. The van der Waals surface area contributed by atoms with Crippen LogP contribution in [-0.2, 0) is 16.0 Å². The van der Waals surface area contributed by atoms with E-state index in [0.29, 0.717) is 13.0 Å². The highest BCUT2D eigenvalue weighted by atomic mass is 35.5. The molecule has 0 bridgehead atoms. The van der Waals surface area contributed by atoms with E-state index in [2.05, 4.69) is 41.8 Å². The van der Waals surface area contributed by atoms with Crippen molar-refractivity contribution in [3.8, 4) is 0 Å². The lowest BCUT2D eigenvalue weighted by atomic mass is 10.00. The first kappa shape index (κ1) is 22.7. The largest absolute Gasteiger partial charge is 0.353 e. The zero-order chi connectivity index (χ0) is 19.2. The molecule has 2 unspecified atom stereocenters. The average Bonchev–Trinajstić information content (AvgIpc) is 3.23. The number of carbonyl (C=O) groups excluding carboxylic acids is 2. The number of nitrogens with one attached hydrogen (secondary N) is 2. The van der Waals surface area contributed by atoms with E-state index < -0.39 is 0 Å². The first-order valence-corrected chi connectivity index (χ1v) is 10.5. The molecule has 5 nitrogen and oxygen atoms in total. The lowest BCUT2D eigenvalue weighted by Gasteiger charge is -2.37. The van der Waals surface area contributed by atoms with Gasteiger partial charge in [-0.15, -0.1) is 12.4 Å². The predicted octanol–water partition coefficient (Wildman–Crippen LogP) is 3.23. The second-order valence-electron chi connectivity index (χ2n) is 8.00. The summed E-state index contributed by atoms with van der Waals surface area (Å²) in [6.07, 6.45) is 5.64. The van der Waals surface area contributed by atoms with Crippen LogP contribution in [0.15, 0.2) is 24.3 Å². The number of aryl methyl sites for hydroxylation is 1. The summed E-state index contributed by atoms with van der Waals surface area (Å²) in [6.45, 7) is 6.40. The minimum Gasteiger partial charge on any atom is -0.353 e. The number of amides is 2. The van der Waals surface area contributed by atoms with Gasteiger partial charge in [0.25, 0.3) is 0 Å². The molecule has 0 aromatic heterocycles. The molecule has 1 aromatic carbocycles. The van der Waals surface area contributed by atoms with Gasteiger partial charge in [-0.1, -0.05) is 44.0 Å². The predicted molar refractivity (Wildman–Crippen MR) is 115 cm³/mol. The van der Waals surface area contributed by atoms with Crippen LogP contribution in [0.1, 0.15) is 63.1 Å². The van der Waals surface area contributed by atoms with Crippen molar-refractivity contribution in [1.82, 2.24) is 15.5 Å². The van der Waals surface area contributed by atoms with E-state index in [1.54, 1.807) is 0 Å². The maximum Gasteiger partial charge on any atom is 0.225 e. The molecule has 0 radical (unpaired) electrons. The van der Waals surface area contributed by atoms with Crippen LogP contribution in [0, 0.1) is 5.92 Å². The van der Waals surface area contributed by atoms with Crippen molar-refractivity contribution in [3.63, 3.8) is 0 Å². The molecule has 6 heteroatoms. The third-order valence-corrected chi connectivity index (χ3v) is 5.93. The Hall–Kier alpha value is -1.59. The van der Waals surface area contributed by atoms with Crippen molar-refractivity contribution < 1.29 is 9.59 Å². The standard InChI is InChI=1S/C22H33N3O2.ClH/c1-3-17-8-10-18(11-9-17)20-15-23-12-13-25(20)21(26)14-16(2)24-22(27)19-6-4-5-7-19;/h8-11,16,19-20,23H,3-7,12-15H2,1-2H3,(H,24,27);1H. The van der Waals surface area contributed by atoms with Gasteiger partial charge in [-0.3, -0.25) is 9.59 Å². The molecule has 2 amide bonds. The van der Waals surface area contributed by atoms with Crippen LogP contribution >= 0.6 is 12.4 Å². The van der Waals surface area contributed by atoms with Crippen molar-refractivity contribution >= 4 is 24.2 Å². The Balaban J connectivity index is 0.00000280. The molecule has 2 aliphatic rings. The molecule has 0 spiro atoms. The van der Waals surface area contributed by atoms with Gasteiger partial charge in [0, 0.05) is 38.0 Å². The summed E-state index contributed by atoms with van der Waals surface area (Å²) >= 11 is 0. The van der Waals surface area contributed by atoms with Crippen molar-refractivity contribution in [2.24, 2.45) is 5.92 Å². The Bertz CT molecular complexity index is 644. The number of piperazine rings is 1. The molecule has 3 rings (SSSR count). The summed E-state index contributed by atoms with van der Waals surface area (Å²) in [5, 5.41) is 6.47. The van der Waals surface area contributed by atoms with Crippen molar-refractivity contribution in [3.05, 3.63) is 35.4 Å². The van der Waals surface area contributed by atoms with Crippen molar-refractivity contribution in [2.45, 2.75) is 64.5 Å². The summed E-state index contributed by atoms with van der Waals surface area (Å²) < 4.78 is 0. The topological polar surface area (TPSA) is 61.4 Å². The molecule has 1 saturated carbocycles. The number of nitrogens with zero attached hydrogens (tertiary/aromatic N) is 1. The Morgan fingerprint density at radius 3 is 2.54 bits per heavy atom. The number of benzene rings is 1. The molecule has 2 N–H and O–H groups in total. The quantitative estimate of drug-likeness (QED) is 0.761. The molecule has 1 aromatic rings. The van der Waals surface area contributed by atoms with Crippen molar-refractivity contribution in [2.75, 3.05) is 19.6 Å². The Morgan fingerprint density at radius 2 is 1.89 bits per heavy atom. The van der Waals surface area contributed by atoms with Crippen LogP contribution in [-0.4, -0.2) is 42.4 Å². The highest BCUT2D eigenvalue weighted by molar-refractivity contribution is 5.85. The molecule has 1 aliphatic heterocycles. The van der Waals surface area contributed by atoms with Crippen LogP contribution in [0.25, 0.3) is 0 Å². The molecular formula is C22H34ClN3O2. The number of hydrogen-bond donors (Lipinski definition) is 2. The van der Waals surface area contributed by atoms with Crippen LogP contribution in [0.3, 0.4) is 0 Å². The van der Waals surface area contributed by atoms with Gasteiger partial charge < -0.3 is 15.5 Å². The molecule has 1 saturated heterocycles. The summed E-state index contributed by atoms with van der Waals surface area (Å²) in [4.78, 5) is 27.3. The SMILES string of the molecule is CCc1ccc(C2CNCCN2C(=O)CC(C)NC(=O)C2CCCC2)cc1.Cl. The molecule has 2 fully saturated rings. The molecule has 1 heterocycles. The van der Waals surface area contributed by atoms with Gasteiger partial charge in [0.1, 0.15) is 0 Å². The third kappa shape index (κ3) is 5.71. The summed E-state index contributed by atoms with van der Waals surface area (Å²) in [6, 6.07) is 8.52. The third-order valence-electron chi connectivity index (χ3n) is 5.93. The van der Waals surface area contributed by atoms with Gasteiger partial charge in [0.2, 0.25) is 11.8 Å². The normalized spacial score (nSPS) is 21.1.